The molecule has 0 aromatic carbocycles. The number of urea groups is 1. The Balaban J connectivity index is 0.000000383. The topological polar surface area (TPSA) is 133 Å². The number of hydrogen-bond donors (Lipinski definition) is 5. The number of aliphatic hydroxyl groups excluding tert-OH is 2. The molecule has 2 aliphatic rings. The number of likely N-dealkylation sites (tertiary alicyclic amines) is 2. The number of hydrogen-bond acceptors (Lipinski definition) is 8. The molecule has 0 radical (unpaired) electrons. The summed E-state index contributed by atoms with van der Waals surface area (Å²) >= 11 is 0. The Labute approximate surface area is 200 Å². The van der Waals surface area contributed by atoms with E-state index < -0.39 is 12.2 Å². The minimum absolute atomic E-state index is 0.125. The molecular weight excluding hydrogens is 426 g/mol. The molecule has 2 fully saturated rings. The quantitative estimate of drug-likeness (QED) is 0.188. The van der Waals surface area contributed by atoms with Crippen molar-refractivity contribution in [3.8, 4) is 0 Å². The summed E-state index contributed by atoms with van der Waals surface area (Å²) in [5.41, 5.74) is 2.31. The van der Waals surface area contributed by atoms with Crippen molar-refractivity contribution in [2.45, 2.75) is 83.3 Å². The molecular formula is C23H49N5O5. The fourth-order valence-corrected chi connectivity index (χ4v) is 4.09. The first-order chi connectivity index (χ1) is 16.0. The predicted molar refractivity (Wildman–Crippen MR) is 129 cm³/mol. The number of β-amino-alcohol motifs (C(OH)–C–C–N with tert-alkyl or cyclic N) is 2. The van der Waals surface area contributed by atoms with Crippen LogP contribution in [0.1, 0.15) is 71.1 Å². The van der Waals surface area contributed by atoms with Gasteiger partial charge in [-0.3, -0.25) is 4.84 Å². The SMILES string of the molecule is CCCCCCNC(=O)NOCC(O)CN1CCCCC1.NOCC(O)CN1CCCCC1. The van der Waals surface area contributed by atoms with Crippen molar-refractivity contribution in [1.29, 1.82) is 0 Å². The number of aliphatic hydroxyl groups is 2. The summed E-state index contributed by atoms with van der Waals surface area (Å²) in [6.45, 7) is 8.76. The van der Waals surface area contributed by atoms with Crippen molar-refractivity contribution in [3.05, 3.63) is 0 Å². The van der Waals surface area contributed by atoms with Crippen molar-refractivity contribution in [1.82, 2.24) is 20.6 Å². The molecule has 2 unspecified atom stereocenters. The van der Waals surface area contributed by atoms with Gasteiger partial charge in [-0.05, 0) is 58.3 Å². The first-order valence-electron chi connectivity index (χ1n) is 12.8. The lowest BCUT2D eigenvalue weighted by molar-refractivity contribution is -0.0174. The zero-order valence-corrected chi connectivity index (χ0v) is 20.7. The summed E-state index contributed by atoms with van der Waals surface area (Å²) in [5.74, 6) is 4.86. The highest BCUT2D eigenvalue weighted by atomic mass is 16.7. The second kappa shape index (κ2) is 20.4. The van der Waals surface area contributed by atoms with Crippen LogP contribution in [0.25, 0.3) is 0 Å². The zero-order chi connectivity index (χ0) is 24.2. The largest absolute Gasteiger partial charge is 0.389 e. The maximum atomic E-state index is 11.4. The minimum atomic E-state index is -0.562. The van der Waals surface area contributed by atoms with Gasteiger partial charge < -0.3 is 30.2 Å². The molecule has 10 heteroatoms. The van der Waals surface area contributed by atoms with Gasteiger partial charge in [0.2, 0.25) is 0 Å². The molecule has 196 valence electrons. The van der Waals surface area contributed by atoms with Crippen molar-refractivity contribution in [3.63, 3.8) is 0 Å². The molecule has 2 amide bonds. The van der Waals surface area contributed by atoms with Crippen LogP contribution in [-0.2, 0) is 9.68 Å². The highest BCUT2D eigenvalue weighted by molar-refractivity contribution is 5.72. The molecule has 0 aromatic heterocycles. The zero-order valence-electron chi connectivity index (χ0n) is 20.7. The minimum Gasteiger partial charge on any atom is -0.389 e. The van der Waals surface area contributed by atoms with Gasteiger partial charge in [-0.25, -0.2) is 16.2 Å². The van der Waals surface area contributed by atoms with Gasteiger partial charge in [0.15, 0.2) is 0 Å². The van der Waals surface area contributed by atoms with Crippen LogP contribution in [-0.4, -0.2) is 97.3 Å². The number of nitrogens with one attached hydrogen (secondary N) is 2. The number of rotatable bonds is 14. The molecule has 10 nitrogen and oxygen atoms in total. The van der Waals surface area contributed by atoms with Crippen LogP contribution < -0.4 is 16.7 Å². The lowest BCUT2D eigenvalue weighted by Crippen LogP contribution is -2.41. The number of amides is 2. The molecule has 2 atom stereocenters. The maximum Gasteiger partial charge on any atom is 0.338 e. The molecule has 0 aliphatic carbocycles. The van der Waals surface area contributed by atoms with E-state index in [1.807, 2.05) is 0 Å². The molecule has 0 bridgehead atoms. The van der Waals surface area contributed by atoms with Gasteiger partial charge in [-0.1, -0.05) is 39.0 Å². The molecule has 2 rings (SSSR count). The maximum absolute atomic E-state index is 11.4. The van der Waals surface area contributed by atoms with Gasteiger partial charge in [0.05, 0.1) is 18.8 Å². The molecule has 0 saturated carbocycles. The smallest absolute Gasteiger partial charge is 0.338 e. The molecule has 2 heterocycles. The van der Waals surface area contributed by atoms with Crippen LogP contribution in [0, 0.1) is 0 Å². The van der Waals surface area contributed by atoms with E-state index in [-0.39, 0.29) is 19.2 Å². The van der Waals surface area contributed by atoms with Crippen LogP contribution >= 0.6 is 0 Å². The van der Waals surface area contributed by atoms with Gasteiger partial charge >= 0.3 is 6.03 Å². The Morgan fingerprint density at radius 2 is 1.42 bits per heavy atom. The Hall–Kier alpha value is -1.01. The highest BCUT2D eigenvalue weighted by Gasteiger charge is 2.15. The Morgan fingerprint density at radius 1 is 0.879 bits per heavy atom. The second-order valence-corrected chi connectivity index (χ2v) is 9.09. The average Bonchev–Trinajstić information content (AvgIpc) is 2.81. The van der Waals surface area contributed by atoms with Crippen LogP contribution in [0.3, 0.4) is 0 Å². The normalized spacial score (nSPS) is 19.3. The number of nitrogens with zero attached hydrogens (tertiary/aromatic N) is 2. The first kappa shape index (κ1) is 30.0. The lowest BCUT2D eigenvalue weighted by atomic mass is 10.1. The average molecular weight is 476 g/mol. The van der Waals surface area contributed by atoms with E-state index in [2.05, 4.69) is 32.4 Å². The molecule has 0 spiro atoms. The second-order valence-electron chi connectivity index (χ2n) is 9.09. The van der Waals surface area contributed by atoms with Crippen molar-refractivity contribution in [2.24, 2.45) is 5.90 Å². The Morgan fingerprint density at radius 3 is 1.94 bits per heavy atom. The van der Waals surface area contributed by atoms with Crippen LogP contribution in [0.5, 0.6) is 0 Å². The summed E-state index contributed by atoms with van der Waals surface area (Å²) in [5, 5.41) is 21.9. The van der Waals surface area contributed by atoms with Gasteiger partial charge in [-0.2, -0.15) is 0 Å². The van der Waals surface area contributed by atoms with Crippen molar-refractivity contribution in [2.75, 3.05) is 59.0 Å². The number of carbonyl (C=O) groups is 1. The van der Waals surface area contributed by atoms with Crippen LogP contribution in [0.2, 0.25) is 0 Å². The van der Waals surface area contributed by atoms with Crippen molar-refractivity contribution >= 4 is 6.03 Å². The van der Waals surface area contributed by atoms with Crippen LogP contribution in [0.4, 0.5) is 4.79 Å². The standard InChI is InChI=1S/C15H31N3O3.C8H18N2O2/c1-2-3-4-6-9-16-15(20)17-21-13-14(19)12-18-10-7-5-8-11-18;9-12-7-8(11)6-10-4-2-1-3-5-10/h14,19H,2-13H2,1H3,(H2,16,17,20);8,11H,1-7,9H2. The summed E-state index contributed by atoms with van der Waals surface area (Å²) in [4.78, 5) is 25.3. The highest BCUT2D eigenvalue weighted by Crippen LogP contribution is 2.09. The number of unbranched alkanes of at least 4 members (excludes halogenated alkanes) is 3. The monoisotopic (exact) mass is 475 g/mol. The van der Waals surface area contributed by atoms with Crippen molar-refractivity contribution < 1.29 is 24.7 Å². The summed E-state index contributed by atoms with van der Waals surface area (Å²) in [7, 11) is 0. The predicted octanol–water partition coefficient (Wildman–Crippen LogP) is 1.37. The van der Waals surface area contributed by atoms with Crippen LogP contribution in [0.15, 0.2) is 0 Å². The molecule has 33 heavy (non-hydrogen) atoms. The van der Waals surface area contributed by atoms with E-state index in [0.717, 1.165) is 39.0 Å². The lowest BCUT2D eigenvalue weighted by Gasteiger charge is -2.28. The molecule has 2 aliphatic heterocycles. The van der Waals surface area contributed by atoms with E-state index in [0.29, 0.717) is 19.6 Å². The van der Waals surface area contributed by atoms with Gasteiger partial charge in [-0.15, -0.1) is 0 Å². The third-order valence-corrected chi connectivity index (χ3v) is 5.88. The third-order valence-electron chi connectivity index (χ3n) is 5.88. The van der Waals surface area contributed by atoms with Gasteiger partial charge in [0.1, 0.15) is 6.61 Å². The summed E-state index contributed by atoms with van der Waals surface area (Å²) in [6.07, 6.45) is 11.0. The first-order valence-corrected chi connectivity index (χ1v) is 12.8. The van der Waals surface area contributed by atoms with Gasteiger partial charge in [0.25, 0.3) is 0 Å². The molecule has 6 N–H and O–H groups in total. The van der Waals surface area contributed by atoms with E-state index in [9.17, 15) is 15.0 Å². The fraction of sp³-hybridized carbons (Fsp3) is 0.957. The number of nitrogens with two attached hydrogens (primary N) is 1. The van der Waals surface area contributed by atoms with Gasteiger partial charge in [0, 0.05) is 19.6 Å². The Bertz CT molecular complexity index is 463. The number of carbonyl (C=O) groups excluding carboxylic acids is 1. The molecule has 0 aromatic rings. The number of hydroxylamine groups is 1. The van der Waals surface area contributed by atoms with E-state index in [1.165, 1.54) is 51.4 Å². The summed E-state index contributed by atoms with van der Waals surface area (Å²) in [6, 6.07) is -0.336. The van der Waals surface area contributed by atoms with E-state index >= 15 is 0 Å². The fourth-order valence-electron chi connectivity index (χ4n) is 4.09. The number of piperidine rings is 2. The summed E-state index contributed by atoms with van der Waals surface area (Å²) < 4.78 is 0. The van der Waals surface area contributed by atoms with E-state index in [1.54, 1.807) is 0 Å². The third kappa shape index (κ3) is 17.1. The van der Waals surface area contributed by atoms with E-state index in [4.69, 9.17) is 10.7 Å². The molecule has 2 saturated heterocycles. The Kier molecular flexibility index (Phi) is 18.5.